The van der Waals surface area contributed by atoms with Gasteiger partial charge in [-0.3, -0.25) is 0 Å². The van der Waals surface area contributed by atoms with Crippen LogP contribution < -0.4 is 5.32 Å². The summed E-state index contributed by atoms with van der Waals surface area (Å²) in [5.74, 6) is 0. The molecule has 2 rings (SSSR count). The first-order chi connectivity index (χ1) is 8.79. The Morgan fingerprint density at radius 1 is 1.42 bits per heavy atom. The van der Waals surface area contributed by atoms with E-state index < -0.39 is 0 Å². The number of hydrogen-bond donors (Lipinski definition) is 2. The minimum atomic E-state index is -0.321. The summed E-state index contributed by atoms with van der Waals surface area (Å²) in [4.78, 5) is 13.5. The topological polar surface area (TPSA) is 61.8 Å². The molecule has 0 bridgehead atoms. The Hall–Kier alpha value is -1.30. The Morgan fingerprint density at radius 3 is 2.84 bits per heavy atom. The highest BCUT2D eigenvalue weighted by Gasteiger charge is 2.23. The quantitative estimate of drug-likeness (QED) is 0.871. The molecule has 1 amide bonds. The van der Waals surface area contributed by atoms with Gasteiger partial charge in [0.05, 0.1) is 6.61 Å². The molecule has 0 radical (unpaired) electrons. The Balaban J connectivity index is 0.00000180. The summed E-state index contributed by atoms with van der Waals surface area (Å²) in [7, 11) is 0. The Kier molecular flexibility index (Phi) is 6.62. The van der Waals surface area contributed by atoms with Gasteiger partial charge in [0.15, 0.2) is 0 Å². The van der Waals surface area contributed by atoms with Crippen LogP contribution in [0.5, 0.6) is 0 Å². The van der Waals surface area contributed by atoms with Crippen LogP contribution in [0.4, 0.5) is 4.79 Å². The number of nitrogens with zero attached hydrogens (tertiary/aromatic N) is 1. The van der Waals surface area contributed by atoms with Crippen LogP contribution in [0, 0.1) is 0 Å². The van der Waals surface area contributed by atoms with Crippen molar-refractivity contribution in [1.82, 2.24) is 10.2 Å². The van der Waals surface area contributed by atoms with Crippen LogP contribution in [0.15, 0.2) is 30.3 Å². The van der Waals surface area contributed by atoms with Gasteiger partial charge < -0.3 is 20.1 Å². The molecule has 106 valence electrons. The van der Waals surface area contributed by atoms with Gasteiger partial charge in [-0.1, -0.05) is 30.3 Å². The number of amides is 1. The molecule has 19 heavy (non-hydrogen) atoms. The van der Waals surface area contributed by atoms with E-state index >= 15 is 0 Å². The highest BCUT2D eigenvalue weighted by atomic mass is 35.5. The Bertz CT molecular complexity index is 389. The first-order valence-electron chi connectivity index (χ1n) is 6.09. The van der Waals surface area contributed by atoms with E-state index in [1.807, 2.05) is 30.3 Å². The van der Waals surface area contributed by atoms with Gasteiger partial charge in [0.1, 0.15) is 6.61 Å². The smallest absolute Gasteiger partial charge is 0.410 e. The van der Waals surface area contributed by atoms with Crippen molar-refractivity contribution in [1.29, 1.82) is 0 Å². The number of carbonyl (C=O) groups is 1. The van der Waals surface area contributed by atoms with Crippen molar-refractivity contribution in [2.24, 2.45) is 0 Å². The number of nitrogens with one attached hydrogen (secondary N) is 1. The summed E-state index contributed by atoms with van der Waals surface area (Å²) in [6, 6.07) is 9.53. The van der Waals surface area contributed by atoms with Gasteiger partial charge >= 0.3 is 6.09 Å². The molecule has 1 aliphatic heterocycles. The van der Waals surface area contributed by atoms with Gasteiger partial charge in [0.2, 0.25) is 0 Å². The number of halogens is 1. The molecule has 1 unspecified atom stereocenters. The van der Waals surface area contributed by atoms with Crippen molar-refractivity contribution >= 4 is 18.5 Å². The van der Waals surface area contributed by atoms with Crippen LogP contribution in [0.1, 0.15) is 5.56 Å². The van der Waals surface area contributed by atoms with Crippen molar-refractivity contribution in [2.75, 3.05) is 26.2 Å². The van der Waals surface area contributed by atoms with Gasteiger partial charge in [-0.25, -0.2) is 4.79 Å². The molecular weight excluding hydrogens is 268 g/mol. The number of benzene rings is 1. The number of aliphatic hydroxyl groups excluding tert-OH is 1. The van der Waals surface area contributed by atoms with Crippen LogP contribution in [-0.2, 0) is 11.3 Å². The molecule has 1 atom stereocenters. The van der Waals surface area contributed by atoms with E-state index in [-0.39, 0.29) is 37.8 Å². The monoisotopic (exact) mass is 286 g/mol. The fourth-order valence-corrected chi connectivity index (χ4v) is 1.92. The number of piperazine rings is 1. The summed E-state index contributed by atoms with van der Waals surface area (Å²) in [5.41, 5.74) is 0.972. The molecule has 1 saturated heterocycles. The predicted octanol–water partition coefficient (Wildman–Crippen LogP) is 1.01. The average molecular weight is 287 g/mol. The van der Waals surface area contributed by atoms with Crippen LogP contribution in [0.25, 0.3) is 0 Å². The fourth-order valence-electron chi connectivity index (χ4n) is 1.92. The van der Waals surface area contributed by atoms with E-state index in [9.17, 15) is 4.79 Å². The lowest BCUT2D eigenvalue weighted by molar-refractivity contribution is 0.0781. The molecule has 0 aromatic heterocycles. The predicted molar refractivity (Wildman–Crippen MR) is 74.3 cm³/mol. The van der Waals surface area contributed by atoms with E-state index in [2.05, 4.69) is 5.32 Å². The first kappa shape index (κ1) is 15.8. The highest BCUT2D eigenvalue weighted by molar-refractivity contribution is 5.85. The average Bonchev–Trinajstić information content (AvgIpc) is 2.46. The summed E-state index contributed by atoms with van der Waals surface area (Å²) in [6.45, 7) is 2.11. The number of carbonyl (C=O) groups excluding carboxylic acids is 1. The second-order valence-corrected chi connectivity index (χ2v) is 4.32. The number of aliphatic hydroxyl groups is 1. The largest absolute Gasteiger partial charge is 0.445 e. The second kappa shape index (κ2) is 7.99. The molecular formula is C13H19ClN2O3. The van der Waals surface area contributed by atoms with Crippen LogP contribution in [-0.4, -0.2) is 48.4 Å². The lowest BCUT2D eigenvalue weighted by atomic mass is 10.2. The number of hydrogen-bond acceptors (Lipinski definition) is 4. The van der Waals surface area contributed by atoms with E-state index in [0.29, 0.717) is 19.6 Å². The van der Waals surface area contributed by atoms with Gasteiger partial charge in [-0.15, -0.1) is 12.4 Å². The Morgan fingerprint density at radius 2 is 2.16 bits per heavy atom. The number of rotatable bonds is 3. The molecule has 2 N–H and O–H groups in total. The van der Waals surface area contributed by atoms with Crippen LogP contribution in [0.3, 0.4) is 0 Å². The van der Waals surface area contributed by atoms with Crippen molar-refractivity contribution in [3.63, 3.8) is 0 Å². The molecule has 5 nitrogen and oxygen atoms in total. The van der Waals surface area contributed by atoms with E-state index in [0.717, 1.165) is 5.56 Å². The minimum Gasteiger partial charge on any atom is -0.445 e. The molecule has 1 aromatic rings. The third-order valence-corrected chi connectivity index (χ3v) is 2.94. The lowest BCUT2D eigenvalue weighted by Crippen LogP contribution is -2.54. The van der Waals surface area contributed by atoms with Crippen molar-refractivity contribution in [2.45, 2.75) is 12.6 Å². The van der Waals surface area contributed by atoms with Gasteiger partial charge in [-0.05, 0) is 5.56 Å². The molecule has 1 fully saturated rings. The van der Waals surface area contributed by atoms with Crippen LogP contribution in [0.2, 0.25) is 0 Å². The standard InChI is InChI=1S/C13H18N2O3.ClH/c16-9-12-8-15(7-6-14-12)13(17)18-10-11-4-2-1-3-5-11;/h1-5,12,14,16H,6-10H2;1H. The molecule has 0 spiro atoms. The van der Waals surface area contributed by atoms with Crippen molar-refractivity contribution in [3.05, 3.63) is 35.9 Å². The third kappa shape index (κ3) is 4.70. The maximum Gasteiger partial charge on any atom is 0.410 e. The van der Waals surface area contributed by atoms with E-state index in [4.69, 9.17) is 9.84 Å². The van der Waals surface area contributed by atoms with Crippen molar-refractivity contribution < 1.29 is 14.6 Å². The fraction of sp³-hybridized carbons (Fsp3) is 0.462. The zero-order valence-electron chi connectivity index (χ0n) is 10.6. The van der Waals surface area contributed by atoms with Crippen molar-refractivity contribution in [3.8, 4) is 0 Å². The molecule has 0 aliphatic carbocycles. The summed E-state index contributed by atoms with van der Waals surface area (Å²) in [6.07, 6.45) is -0.321. The molecule has 1 aliphatic rings. The zero-order valence-corrected chi connectivity index (χ0v) is 11.4. The van der Waals surface area contributed by atoms with Gasteiger partial charge in [0.25, 0.3) is 0 Å². The van der Waals surface area contributed by atoms with Gasteiger partial charge in [-0.2, -0.15) is 0 Å². The minimum absolute atomic E-state index is 0. The zero-order chi connectivity index (χ0) is 12.8. The molecule has 6 heteroatoms. The molecule has 0 saturated carbocycles. The van der Waals surface area contributed by atoms with E-state index in [1.54, 1.807) is 4.90 Å². The van der Waals surface area contributed by atoms with Gasteiger partial charge in [0, 0.05) is 25.7 Å². The lowest BCUT2D eigenvalue weighted by Gasteiger charge is -2.31. The summed E-state index contributed by atoms with van der Waals surface area (Å²) < 4.78 is 5.24. The summed E-state index contributed by atoms with van der Waals surface area (Å²) in [5, 5.41) is 12.2. The maximum atomic E-state index is 11.8. The molecule has 1 aromatic carbocycles. The first-order valence-corrected chi connectivity index (χ1v) is 6.09. The Labute approximate surface area is 119 Å². The molecule has 1 heterocycles. The normalized spacial score (nSPS) is 18.6. The van der Waals surface area contributed by atoms with E-state index in [1.165, 1.54) is 0 Å². The highest BCUT2D eigenvalue weighted by Crippen LogP contribution is 2.05. The van der Waals surface area contributed by atoms with Crippen LogP contribution >= 0.6 is 12.4 Å². The third-order valence-electron chi connectivity index (χ3n) is 2.94. The second-order valence-electron chi connectivity index (χ2n) is 4.32. The SMILES string of the molecule is Cl.O=C(OCc1ccccc1)N1CCNC(CO)C1. The summed E-state index contributed by atoms with van der Waals surface area (Å²) >= 11 is 0. The number of ether oxygens (including phenoxy) is 1. The maximum absolute atomic E-state index is 11.8.